The lowest BCUT2D eigenvalue weighted by Crippen LogP contribution is -2.49. The average molecular weight is 245 g/mol. The summed E-state index contributed by atoms with van der Waals surface area (Å²) in [5.41, 5.74) is 4.44. The molecular weight excluding hydrogens is 218 g/mol. The van der Waals surface area contributed by atoms with Crippen LogP contribution in [0, 0.1) is 19.8 Å². The topological polar surface area (TPSA) is 12.0 Å². The Morgan fingerprint density at radius 1 is 1.22 bits per heavy atom. The second-order valence-corrected chi connectivity index (χ2v) is 5.83. The first kappa shape index (κ1) is 13.6. The molecule has 2 rings (SSSR count). The Hall–Kier alpha value is -0.820. The van der Waals surface area contributed by atoms with Crippen LogP contribution in [0.2, 0.25) is 0 Å². The highest BCUT2D eigenvalue weighted by Crippen LogP contribution is 2.45. The van der Waals surface area contributed by atoms with E-state index in [-0.39, 0.29) is 0 Å². The van der Waals surface area contributed by atoms with E-state index in [1.807, 2.05) is 0 Å². The zero-order valence-electron chi connectivity index (χ0n) is 12.3. The summed E-state index contributed by atoms with van der Waals surface area (Å²) in [7, 11) is 0. The van der Waals surface area contributed by atoms with E-state index in [9.17, 15) is 0 Å². The molecule has 3 unspecified atom stereocenters. The van der Waals surface area contributed by atoms with Crippen molar-refractivity contribution >= 4 is 0 Å². The van der Waals surface area contributed by atoms with E-state index in [4.69, 9.17) is 0 Å². The number of hydrogen-bond donors (Lipinski definition) is 1. The van der Waals surface area contributed by atoms with E-state index in [0.717, 1.165) is 17.9 Å². The maximum absolute atomic E-state index is 3.70. The largest absolute Gasteiger partial charge is 0.314 e. The minimum Gasteiger partial charge on any atom is -0.314 e. The summed E-state index contributed by atoms with van der Waals surface area (Å²) in [5, 5.41) is 3.70. The van der Waals surface area contributed by atoms with Crippen molar-refractivity contribution < 1.29 is 0 Å². The van der Waals surface area contributed by atoms with Gasteiger partial charge >= 0.3 is 0 Å². The minimum atomic E-state index is 0.751. The molecule has 0 aromatic heterocycles. The van der Waals surface area contributed by atoms with E-state index in [1.165, 1.54) is 36.9 Å². The first-order valence-electron chi connectivity index (χ1n) is 7.47. The Labute approximate surface area is 112 Å². The lowest BCUT2D eigenvalue weighted by molar-refractivity contribution is 0.160. The van der Waals surface area contributed by atoms with Crippen molar-refractivity contribution in [2.45, 2.75) is 58.9 Å². The smallest absolute Gasteiger partial charge is 0.0107 e. The number of aryl methyl sites for hydroxylation is 2. The second kappa shape index (κ2) is 5.88. The van der Waals surface area contributed by atoms with Gasteiger partial charge in [0.05, 0.1) is 0 Å². The van der Waals surface area contributed by atoms with Gasteiger partial charge in [0.2, 0.25) is 0 Å². The van der Waals surface area contributed by atoms with Gasteiger partial charge in [0.25, 0.3) is 0 Å². The van der Waals surface area contributed by atoms with E-state index in [0.29, 0.717) is 0 Å². The van der Waals surface area contributed by atoms with Gasteiger partial charge in [-0.2, -0.15) is 0 Å². The lowest BCUT2D eigenvalue weighted by Gasteiger charge is -2.46. The normalized spacial score (nSPS) is 27.0. The van der Waals surface area contributed by atoms with Crippen molar-refractivity contribution in [1.82, 2.24) is 5.32 Å². The molecular formula is C17H27N. The second-order valence-electron chi connectivity index (χ2n) is 5.83. The van der Waals surface area contributed by atoms with Gasteiger partial charge in [-0.05, 0) is 56.2 Å². The predicted molar refractivity (Wildman–Crippen MR) is 79.1 cm³/mol. The maximum atomic E-state index is 3.70. The molecule has 1 aromatic carbocycles. The fraction of sp³-hybridized carbons (Fsp3) is 0.647. The highest BCUT2D eigenvalue weighted by atomic mass is 14.9. The summed E-state index contributed by atoms with van der Waals surface area (Å²) in [6.07, 6.45) is 3.85. The van der Waals surface area contributed by atoms with Crippen LogP contribution in [0.25, 0.3) is 0 Å². The Morgan fingerprint density at radius 3 is 2.61 bits per heavy atom. The van der Waals surface area contributed by atoms with Crippen LogP contribution in [0.15, 0.2) is 18.2 Å². The van der Waals surface area contributed by atoms with Gasteiger partial charge in [-0.15, -0.1) is 0 Å². The van der Waals surface area contributed by atoms with Gasteiger partial charge in [-0.1, -0.05) is 44.0 Å². The van der Waals surface area contributed by atoms with Crippen molar-refractivity contribution in [1.29, 1.82) is 0 Å². The van der Waals surface area contributed by atoms with Gasteiger partial charge < -0.3 is 5.32 Å². The Balaban J connectivity index is 2.06. The molecule has 0 aliphatic heterocycles. The molecule has 1 N–H and O–H groups in total. The molecule has 1 saturated carbocycles. The van der Waals surface area contributed by atoms with E-state index >= 15 is 0 Å². The van der Waals surface area contributed by atoms with E-state index < -0.39 is 0 Å². The Morgan fingerprint density at radius 2 is 2.00 bits per heavy atom. The molecule has 18 heavy (non-hydrogen) atoms. The molecule has 1 heteroatoms. The molecule has 0 bridgehead atoms. The number of rotatable bonds is 5. The molecule has 1 aromatic rings. The van der Waals surface area contributed by atoms with Gasteiger partial charge in [-0.3, -0.25) is 0 Å². The quantitative estimate of drug-likeness (QED) is 0.820. The van der Waals surface area contributed by atoms with Gasteiger partial charge in [0, 0.05) is 6.04 Å². The fourth-order valence-electron chi connectivity index (χ4n) is 3.44. The first-order chi connectivity index (χ1) is 8.67. The molecule has 100 valence electrons. The summed E-state index contributed by atoms with van der Waals surface area (Å²) >= 11 is 0. The standard InChI is InChI=1S/C17H27N/c1-5-9-18-17-11-16(14(17)6-2)15-8-7-12(3)10-13(15)4/h7-8,10,14,16-18H,5-6,9,11H2,1-4H3. The van der Waals surface area contributed by atoms with Crippen LogP contribution in [0.4, 0.5) is 0 Å². The molecule has 1 nitrogen and oxygen atoms in total. The predicted octanol–water partition coefficient (Wildman–Crippen LogP) is 4.19. The zero-order valence-corrected chi connectivity index (χ0v) is 12.3. The third-order valence-electron chi connectivity index (χ3n) is 4.49. The van der Waals surface area contributed by atoms with Crippen LogP contribution in [-0.4, -0.2) is 12.6 Å². The van der Waals surface area contributed by atoms with Gasteiger partial charge in [-0.25, -0.2) is 0 Å². The number of nitrogens with one attached hydrogen (secondary N) is 1. The lowest BCUT2D eigenvalue weighted by atomic mass is 9.64. The zero-order chi connectivity index (χ0) is 13.1. The van der Waals surface area contributed by atoms with Crippen LogP contribution >= 0.6 is 0 Å². The molecule has 0 saturated heterocycles. The van der Waals surface area contributed by atoms with Crippen LogP contribution in [0.5, 0.6) is 0 Å². The third kappa shape index (κ3) is 2.61. The van der Waals surface area contributed by atoms with Crippen molar-refractivity contribution in [3.63, 3.8) is 0 Å². The van der Waals surface area contributed by atoms with Crippen LogP contribution in [0.1, 0.15) is 55.7 Å². The third-order valence-corrected chi connectivity index (χ3v) is 4.49. The van der Waals surface area contributed by atoms with Crippen LogP contribution < -0.4 is 5.32 Å². The SMILES string of the molecule is CCCNC1CC(c2ccc(C)cc2C)C1CC. The van der Waals surface area contributed by atoms with Crippen molar-refractivity contribution in [2.24, 2.45) is 5.92 Å². The molecule has 0 heterocycles. The van der Waals surface area contributed by atoms with Crippen molar-refractivity contribution in [3.05, 3.63) is 34.9 Å². The van der Waals surface area contributed by atoms with Crippen molar-refractivity contribution in [3.8, 4) is 0 Å². The van der Waals surface area contributed by atoms with Crippen LogP contribution in [-0.2, 0) is 0 Å². The fourth-order valence-corrected chi connectivity index (χ4v) is 3.44. The molecule has 0 radical (unpaired) electrons. The highest BCUT2D eigenvalue weighted by molar-refractivity contribution is 5.35. The van der Waals surface area contributed by atoms with Crippen LogP contribution in [0.3, 0.4) is 0 Å². The van der Waals surface area contributed by atoms with Gasteiger partial charge in [0.15, 0.2) is 0 Å². The summed E-state index contributed by atoms with van der Waals surface area (Å²) in [6, 6.07) is 7.70. The maximum Gasteiger partial charge on any atom is 0.0107 e. The number of benzene rings is 1. The number of hydrogen-bond acceptors (Lipinski definition) is 1. The Kier molecular flexibility index (Phi) is 4.45. The van der Waals surface area contributed by atoms with E-state index in [2.05, 4.69) is 51.2 Å². The summed E-state index contributed by atoms with van der Waals surface area (Å²) in [4.78, 5) is 0. The monoisotopic (exact) mass is 245 g/mol. The molecule has 1 aliphatic carbocycles. The summed E-state index contributed by atoms with van der Waals surface area (Å²) in [6.45, 7) is 10.2. The molecule has 0 spiro atoms. The average Bonchev–Trinajstić information content (AvgIpc) is 2.31. The minimum absolute atomic E-state index is 0.751. The van der Waals surface area contributed by atoms with Gasteiger partial charge in [0.1, 0.15) is 0 Å². The summed E-state index contributed by atoms with van der Waals surface area (Å²) < 4.78 is 0. The molecule has 0 amide bonds. The van der Waals surface area contributed by atoms with E-state index in [1.54, 1.807) is 5.56 Å². The Bertz CT molecular complexity index is 397. The van der Waals surface area contributed by atoms with Crippen molar-refractivity contribution in [2.75, 3.05) is 6.54 Å². The summed E-state index contributed by atoms with van der Waals surface area (Å²) in [5.74, 6) is 1.61. The molecule has 3 atom stereocenters. The molecule has 1 fully saturated rings. The first-order valence-corrected chi connectivity index (χ1v) is 7.47. The molecule has 1 aliphatic rings. The highest BCUT2D eigenvalue weighted by Gasteiger charge is 2.40.